The second-order valence-corrected chi connectivity index (χ2v) is 4.22. The van der Waals surface area contributed by atoms with Crippen LogP contribution in [0, 0.1) is 5.92 Å². The van der Waals surface area contributed by atoms with Crippen LogP contribution in [0.1, 0.15) is 27.2 Å². The van der Waals surface area contributed by atoms with Crippen LogP contribution in [-0.4, -0.2) is 16.5 Å². The van der Waals surface area contributed by atoms with Crippen LogP contribution < -0.4 is 0 Å². The van der Waals surface area contributed by atoms with E-state index in [9.17, 15) is 4.79 Å². The number of halogens is 2. The standard InChI is InChI=1S/C8H14Cl2O/c1-4-8(10,5-11)7(9)6(2)3/h5-7H,4H2,1-3H3. The molecule has 0 aliphatic carbocycles. The topological polar surface area (TPSA) is 17.1 Å². The average molecular weight is 197 g/mol. The number of rotatable bonds is 4. The molecule has 0 aliphatic heterocycles. The van der Waals surface area contributed by atoms with Crippen LogP contribution in [0.4, 0.5) is 0 Å². The maximum Gasteiger partial charge on any atom is 0.142 e. The van der Waals surface area contributed by atoms with Crippen LogP contribution in [0.25, 0.3) is 0 Å². The fourth-order valence-corrected chi connectivity index (χ4v) is 1.36. The molecule has 0 fully saturated rings. The normalized spacial score (nSPS) is 19.5. The Morgan fingerprint density at radius 2 is 2.00 bits per heavy atom. The summed E-state index contributed by atoms with van der Waals surface area (Å²) in [5.41, 5.74) is 0. The Kier molecular flexibility index (Phi) is 4.42. The molecule has 3 heteroatoms. The van der Waals surface area contributed by atoms with Gasteiger partial charge in [-0.1, -0.05) is 20.8 Å². The first-order chi connectivity index (χ1) is 4.98. The maximum atomic E-state index is 10.6. The summed E-state index contributed by atoms with van der Waals surface area (Å²) in [6.07, 6.45) is 1.32. The molecular formula is C8H14Cl2O. The quantitative estimate of drug-likeness (QED) is 0.500. The third-order valence-corrected chi connectivity index (χ3v) is 3.38. The van der Waals surface area contributed by atoms with Gasteiger partial charge in [0, 0.05) is 0 Å². The molecule has 1 nitrogen and oxygen atoms in total. The summed E-state index contributed by atoms with van der Waals surface area (Å²) >= 11 is 11.9. The fraction of sp³-hybridized carbons (Fsp3) is 0.875. The smallest absolute Gasteiger partial charge is 0.142 e. The Morgan fingerprint density at radius 1 is 1.55 bits per heavy atom. The summed E-state index contributed by atoms with van der Waals surface area (Å²) in [6, 6.07) is 0. The van der Waals surface area contributed by atoms with Gasteiger partial charge in [-0.25, -0.2) is 0 Å². The van der Waals surface area contributed by atoms with E-state index in [0.29, 0.717) is 6.42 Å². The molecule has 0 saturated carbocycles. The molecule has 2 atom stereocenters. The minimum absolute atomic E-state index is 0.222. The Labute approximate surface area is 78.1 Å². The number of aldehydes is 1. The van der Waals surface area contributed by atoms with Crippen molar-refractivity contribution >= 4 is 29.5 Å². The van der Waals surface area contributed by atoms with E-state index < -0.39 is 4.87 Å². The van der Waals surface area contributed by atoms with E-state index in [0.717, 1.165) is 6.29 Å². The van der Waals surface area contributed by atoms with Gasteiger partial charge in [0.2, 0.25) is 0 Å². The van der Waals surface area contributed by atoms with Crippen LogP contribution >= 0.6 is 23.2 Å². The lowest BCUT2D eigenvalue weighted by Crippen LogP contribution is -2.37. The molecule has 0 aromatic carbocycles. The number of hydrogen-bond donors (Lipinski definition) is 0. The van der Waals surface area contributed by atoms with E-state index in [1.54, 1.807) is 0 Å². The van der Waals surface area contributed by atoms with E-state index in [4.69, 9.17) is 23.2 Å². The van der Waals surface area contributed by atoms with Crippen LogP contribution in [0.5, 0.6) is 0 Å². The highest BCUT2D eigenvalue weighted by Crippen LogP contribution is 2.30. The molecule has 0 amide bonds. The van der Waals surface area contributed by atoms with Gasteiger partial charge in [-0.3, -0.25) is 0 Å². The molecule has 0 radical (unpaired) electrons. The van der Waals surface area contributed by atoms with Crippen LogP contribution in [0.15, 0.2) is 0 Å². The van der Waals surface area contributed by atoms with E-state index in [2.05, 4.69) is 0 Å². The van der Waals surface area contributed by atoms with Gasteiger partial charge in [-0.15, -0.1) is 23.2 Å². The van der Waals surface area contributed by atoms with Crippen LogP contribution in [-0.2, 0) is 4.79 Å². The molecule has 0 aromatic heterocycles. The Hall–Kier alpha value is 0.250. The average Bonchev–Trinajstić information content (AvgIpc) is 2.01. The van der Waals surface area contributed by atoms with E-state index in [1.807, 2.05) is 20.8 Å². The van der Waals surface area contributed by atoms with Gasteiger partial charge in [0.1, 0.15) is 11.2 Å². The molecule has 0 saturated heterocycles. The van der Waals surface area contributed by atoms with Crippen molar-refractivity contribution in [3.8, 4) is 0 Å². The van der Waals surface area contributed by atoms with Crippen LogP contribution in [0.3, 0.4) is 0 Å². The van der Waals surface area contributed by atoms with Gasteiger partial charge in [0.25, 0.3) is 0 Å². The SMILES string of the molecule is CCC(Cl)(C=O)C(Cl)C(C)C. The van der Waals surface area contributed by atoms with Crippen molar-refractivity contribution in [2.24, 2.45) is 5.92 Å². The molecule has 0 aromatic rings. The summed E-state index contributed by atoms with van der Waals surface area (Å²) in [7, 11) is 0. The summed E-state index contributed by atoms with van der Waals surface area (Å²) < 4.78 is 0. The number of carbonyl (C=O) groups excluding carboxylic acids is 1. The molecule has 2 unspecified atom stereocenters. The predicted molar refractivity (Wildman–Crippen MR) is 49.4 cm³/mol. The largest absolute Gasteiger partial charge is 0.301 e. The zero-order valence-electron chi connectivity index (χ0n) is 7.10. The number of alkyl halides is 2. The lowest BCUT2D eigenvalue weighted by Gasteiger charge is -2.27. The van der Waals surface area contributed by atoms with Gasteiger partial charge >= 0.3 is 0 Å². The van der Waals surface area contributed by atoms with Crippen molar-refractivity contribution in [3.05, 3.63) is 0 Å². The van der Waals surface area contributed by atoms with Gasteiger partial charge < -0.3 is 4.79 Å². The Morgan fingerprint density at radius 3 is 2.09 bits per heavy atom. The number of hydrogen-bond acceptors (Lipinski definition) is 1. The van der Waals surface area contributed by atoms with E-state index in [-0.39, 0.29) is 11.3 Å². The highest BCUT2D eigenvalue weighted by molar-refractivity contribution is 6.38. The molecular weight excluding hydrogens is 183 g/mol. The predicted octanol–water partition coefficient (Wildman–Crippen LogP) is 2.84. The van der Waals surface area contributed by atoms with Gasteiger partial charge in [-0.2, -0.15) is 0 Å². The molecule has 66 valence electrons. The zero-order valence-corrected chi connectivity index (χ0v) is 8.62. The lowest BCUT2D eigenvalue weighted by molar-refractivity contribution is -0.110. The monoisotopic (exact) mass is 196 g/mol. The molecule has 0 rings (SSSR count). The van der Waals surface area contributed by atoms with E-state index >= 15 is 0 Å². The van der Waals surface area contributed by atoms with Crippen LogP contribution in [0.2, 0.25) is 0 Å². The summed E-state index contributed by atoms with van der Waals surface area (Å²) in [6.45, 7) is 5.76. The van der Waals surface area contributed by atoms with Gasteiger partial charge in [0.15, 0.2) is 0 Å². The molecule has 0 spiro atoms. The summed E-state index contributed by atoms with van der Waals surface area (Å²) in [4.78, 5) is 9.71. The first-order valence-corrected chi connectivity index (χ1v) is 4.58. The minimum atomic E-state index is -0.879. The van der Waals surface area contributed by atoms with Crippen molar-refractivity contribution in [2.75, 3.05) is 0 Å². The Balaban J connectivity index is 4.36. The second kappa shape index (κ2) is 4.32. The molecule has 0 heterocycles. The van der Waals surface area contributed by atoms with Gasteiger partial charge in [0.05, 0.1) is 5.38 Å². The highest BCUT2D eigenvalue weighted by atomic mass is 35.5. The van der Waals surface area contributed by atoms with Crippen molar-refractivity contribution in [1.29, 1.82) is 0 Å². The third kappa shape index (κ3) is 2.64. The molecule has 0 bridgehead atoms. The maximum absolute atomic E-state index is 10.6. The first-order valence-electron chi connectivity index (χ1n) is 3.77. The molecule has 0 aliphatic rings. The van der Waals surface area contributed by atoms with Crippen molar-refractivity contribution in [3.63, 3.8) is 0 Å². The van der Waals surface area contributed by atoms with E-state index in [1.165, 1.54) is 0 Å². The first kappa shape index (κ1) is 11.2. The lowest BCUT2D eigenvalue weighted by atomic mass is 9.94. The molecule has 11 heavy (non-hydrogen) atoms. The minimum Gasteiger partial charge on any atom is -0.301 e. The summed E-state index contributed by atoms with van der Waals surface area (Å²) in [5.74, 6) is 0.222. The van der Waals surface area contributed by atoms with Gasteiger partial charge in [-0.05, 0) is 12.3 Å². The zero-order chi connectivity index (χ0) is 9.07. The fourth-order valence-electron chi connectivity index (χ4n) is 0.897. The van der Waals surface area contributed by atoms with Crippen molar-refractivity contribution in [2.45, 2.75) is 37.4 Å². The molecule has 0 N–H and O–H groups in total. The third-order valence-electron chi connectivity index (χ3n) is 1.78. The van der Waals surface area contributed by atoms with Crippen molar-refractivity contribution in [1.82, 2.24) is 0 Å². The van der Waals surface area contributed by atoms with Crippen molar-refractivity contribution < 1.29 is 4.79 Å². The second-order valence-electron chi connectivity index (χ2n) is 3.04. The number of carbonyl (C=O) groups is 1. The Bertz CT molecular complexity index is 136. The highest BCUT2D eigenvalue weighted by Gasteiger charge is 2.35. The summed E-state index contributed by atoms with van der Waals surface area (Å²) in [5, 5.41) is -0.285.